The molecule has 0 spiro atoms. The smallest absolute Gasteiger partial charge is 0.130 e. The Labute approximate surface area is 86.5 Å². The Kier molecular flexibility index (Phi) is 5.86. The van der Waals surface area contributed by atoms with Crippen LogP contribution in [0.1, 0.15) is 44.7 Å². The van der Waals surface area contributed by atoms with Crippen LogP contribution in [0.15, 0.2) is 24.8 Å². The predicted octanol–water partition coefficient (Wildman–Crippen LogP) is 4.62. The van der Waals surface area contributed by atoms with E-state index in [0.29, 0.717) is 11.5 Å². The number of hydrogen-bond acceptors (Lipinski definition) is 0. The molecule has 0 radical (unpaired) electrons. The molecule has 0 saturated carbocycles. The third-order valence-electron chi connectivity index (χ3n) is 1.91. The summed E-state index contributed by atoms with van der Waals surface area (Å²) in [7, 11) is 0. The minimum Gasteiger partial charge on any atom is -0.206 e. The molecule has 0 unspecified atom stereocenters. The van der Waals surface area contributed by atoms with E-state index in [0.717, 1.165) is 5.56 Å². The molecule has 0 atom stereocenters. The van der Waals surface area contributed by atoms with E-state index in [1.54, 1.807) is 12.1 Å². The zero-order chi connectivity index (χ0) is 11.1. The summed E-state index contributed by atoms with van der Waals surface area (Å²) in [6.45, 7) is 11.6. The first kappa shape index (κ1) is 12.9. The molecule has 0 N–H and O–H groups in total. The monoisotopic (exact) mass is 194 g/mol. The lowest BCUT2D eigenvalue weighted by Crippen LogP contribution is -1.90. The van der Waals surface area contributed by atoms with Crippen molar-refractivity contribution in [2.45, 2.75) is 33.6 Å². The molecule has 0 saturated heterocycles. The first-order chi connectivity index (χ1) is 6.65. The second-order valence-electron chi connectivity index (χ2n) is 3.14. The van der Waals surface area contributed by atoms with E-state index in [9.17, 15) is 4.39 Å². The molecule has 0 aliphatic carbocycles. The Morgan fingerprint density at radius 2 is 1.86 bits per heavy atom. The van der Waals surface area contributed by atoms with Gasteiger partial charge >= 0.3 is 0 Å². The molecule has 1 rings (SSSR count). The predicted molar refractivity (Wildman–Crippen MR) is 61.9 cm³/mol. The average Bonchev–Trinajstić information content (AvgIpc) is 2.20. The van der Waals surface area contributed by atoms with Gasteiger partial charge in [-0.1, -0.05) is 52.5 Å². The highest BCUT2D eigenvalue weighted by Gasteiger charge is 2.02. The van der Waals surface area contributed by atoms with Crippen LogP contribution >= 0.6 is 0 Å². The Morgan fingerprint density at radius 1 is 1.29 bits per heavy atom. The summed E-state index contributed by atoms with van der Waals surface area (Å²) in [4.78, 5) is 0. The minimum absolute atomic E-state index is 0.184. The van der Waals surface area contributed by atoms with Crippen molar-refractivity contribution in [3.05, 3.63) is 41.7 Å². The second kappa shape index (κ2) is 6.36. The molecule has 0 nitrogen and oxygen atoms in total. The topological polar surface area (TPSA) is 0 Å². The summed E-state index contributed by atoms with van der Waals surface area (Å²) in [5, 5.41) is 0. The summed E-state index contributed by atoms with van der Waals surface area (Å²) >= 11 is 0. The zero-order valence-corrected chi connectivity index (χ0v) is 9.47. The summed E-state index contributed by atoms with van der Waals surface area (Å²) in [6.07, 6.45) is 1.53. The molecular formula is C13H19F. The van der Waals surface area contributed by atoms with Gasteiger partial charge in [0.15, 0.2) is 0 Å². The van der Waals surface area contributed by atoms with Gasteiger partial charge in [-0.25, -0.2) is 4.39 Å². The summed E-state index contributed by atoms with van der Waals surface area (Å²) in [6, 6.07) is 5.27. The highest BCUT2D eigenvalue weighted by atomic mass is 19.1. The van der Waals surface area contributed by atoms with Crippen LogP contribution < -0.4 is 0 Å². The quantitative estimate of drug-likeness (QED) is 0.644. The number of hydrogen-bond donors (Lipinski definition) is 0. The van der Waals surface area contributed by atoms with E-state index in [2.05, 4.69) is 6.58 Å². The Morgan fingerprint density at radius 3 is 2.21 bits per heavy atom. The first-order valence-corrected chi connectivity index (χ1v) is 5.07. The molecule has 1 heteroatoms. The van der Waals surface area contributed by atoms with Crippen molar-refractivity contribution >= 4 is 6.08 Å². The fourth-order valence-corrected chi connectivity index (χ4v) is 1.07. The van der Waals surface area contributed by atoms with Crippen LogP contribution in [0.5, 0.6) is 0 Å². The van der Waals surface area contributed by atoms with E-state index in [1.807, 2.05) is 33.8 Å². The maximum Gasteiger partial charge on any atom is 0.130 e. The molecule has 14 heavy (non-hydrogen) atoms. The summed E-state index contributed by atoms with van der Waals surface area (Å²) in [5.74, 6) is 0.189. The minimum atomic E-state index is -0.184. The molecule has 0 heterocycles. The Balaban J connectivity index is 0.000000791. The first-order valence-electron chi connectivity index (χ1n) is 5.07. The van der Waals surface area contributed by atoms with Gasteiger partial charge < -0.3 is 0 Å². The molecule has 1 aromatic rings. The van der Waals surface area contributed by atoms with Crippen LogP contribution in [0.2, 0.25) is 0 Å². The number of rotatable bonds is 2. The highest BCUT2D eigenvalue weighted by Crippen LogP contribution is 2.18. The van der Waals surface area contributed by atoms with Crippen LogP contribution in [0, 0.1) is 5.82 Å². The van der Waals surface area contributed by atoms with Crippen LogP contribution in [-0.2, 0) is 0 Å². The molecule has 1 aromatic carbocycles. The van der Waals surface area contributed by atoms with Crippen molar-refractivity contribution in [2.75, 3.05) is 0 Å². The van der Waals surface area contributed by atoms with Gasteiger partial charge in [-0.3, -0.25) is 0 Å². The molecule has 78 valence electrons. The van der Waals surface area contributed by atoms with Crippen LogP contribution in [0.25, 0.3) is 6.08 Å². The lowest BCUT2D eigenvalue weighted by atomic mass is 10.0. The van der Waals surface area contributed by atoms with Crippen molar-refractivity contribution in [1.29, 1.82) is 0 Å². The van der Waals surface area contributed by atoms with Crippen molar-refractivity contribution in [2.24, 2.45) is 0 Å². The van der Waals surface area contributed by atoms with Crippen molar-refractivity contribution in [3.8, 4) is 0 Å². The zero-order valence-electron chi connectivity index (χ0n) is 9.47. The third kappa shape index (κ3) is 3.33. The van der Waals surface area contributed by atoms with E-state index in [4.69, 9.17) is 0 Å². The molecule has 0 aliphatic rings. The van der Waals surface area contributed by atoms with Gasteiger partial charge in [-0.15, -0.1) is 0 Å². The molecule has 0 fully saturated rings. The number of benzene rings is 1. The molecular weight excluding hydrogens is 175 g/mol. The van der Waals surface area contributed by atoms with Gasteiger partial charge in [-0.2, -0.15) is 0 Å². The SMILES string of the molecule is C=Cc1ccc(C(C)C)cc1F.CC. The average molecular weight is 194 g/mol. The van der Waals surface area contributed by atoms with E-state index >= 15 is 0 Å². The number of halogens is 1. The Bertz CT molecular complexity index is 287. The fourth-order valence-electron chi connectivity index (χ4n) is 1.07. The van der Waals surface area contributed by atoms with E-state index in [-0.39, 0.29) is 5.82 Å². The normalized spacial score (nSPS) is 9.29. The van der Waals surface area contributed by atoms with Gasteiger partial charge in [0.25, 0.3) is 0 Å². The van der Waals surface area contributed by atoms with Gasteiger partial charge in [0, 0.05) is 5.56 Å². The van der Waals surface area contributed by atoms with E-state index < -0.39 is 0 Å². The molecule has 0 bridgehead atoms. The maximum absolute atomic E-state index is 13.1. The standard InChI is InChI=1S/C11H13F.C2H6/c1-4-9-5-6-10(8(2)3)7-11(9)12;1-2/h4-8H,1H2,2-3H3;1-2H3. The molecule has 0 aliphatic heterocycles. The lowest BCUT2D eigenvalue weighted by Gasteiger charge is -2.05. The van der Waals surface area contributed by atoms with Crippen LogP contribution in [0.4, 0.5) is 4.39 Å². The molecule has 0 amide bonds. The van der Waals surface area contributed by atoms with Gasteiger partial charge in [0.05, 0.1) is 0 Å². The van der Waals surface area contributed by atoms with Crippen molar-refractivity contribution in [3.63, 3.8) is 0 Å². The van der Waals surface area contributed by atoms with Gasteiger partial charge in [0.2, 0.25) is 0 Å². The third-order valence-corrected chi connectivity index (χ3v) is 1.91. The van der Waals surface area contributed by atoms with Crippen LogP contribution in [0.3, 0.4) is 0 Å². The summed E-state index contributed by atoms with van der Waals surface area (Å²) < 4.78 is 13.1. The largest absolute Gasteiger partial charge is 0.206 e. The van der Waals surface area contributed by atoms with E-state index in [1.165, 1.54) is 6.08 Å². The lowest BCUT2D eigenvalue weighted by molar-refractivity contribution is 0.620. The van der Waals surface area contributed by atoms with Crippen LogP contribution in [-0.4, -0.2) is 0 Å². The molecule has 0 aromatic heterocycles. The van der Waals surface area contributed by atoms with Crippen molar-refractivity contribution < 1.29 is 4.39 Å². The second-order valence-corrected chi connectivity index (χ2v) is 3.14. The maximum atomic E-state index is 13.1. The van der Waals surface area contributed by atoms with Gasteiger partial charge in [-0.05, 0) is 17.5 Å². The Hall–Kier alpha value is -1.11. The van der Waals surface area contributed by atoms with Gasteiger partial charge in [0.1, 0.15) is 5.82 Å². The van der Waals surface area contributed by atoms with Crippen molar-refractivity contribution in [1.82, 2.24) is 0 Å². The fraction of sp³-hybridized carbons (Fsp3) is 0.385. The highest BCUT2D eigenvalue weighted by molar-refractivity contribution is 5.48. The summed E-state index contributed by atoms with van der Waals surface area (Å²) in [5.41, 5.74) is 1.59.